The van der Waals surface area contributed by atoms with E-state index in [4.69, 9.17) is 15.2 Å². The lowest BCUT2D eigenvalue weighted by Gasteiger charge is -2.52. The van der Waals surface area contributed by atoms with Gasteiger partial charge in [0.1, 0.15) is 5.82 Å². The topological polar surface area (TPSA) is 61.6 Å². The van der Waals surface area contributed by atoms with E-state index >= 15 is 0 Å². The van der Waals surface area contributed by atoms with Gasteiger partial charge in [-0.25, -0.2) is 4.39 Å². The number of ether oxygens (including phenoxy) is 2. The second-order valence-corrected chi connectivity index (χ2v) is 4.63. The fourth-order valence-corrected chi connectivity index (χ4v) is 2.55. The highest BCUT2D eigenvalue weighted by Gasteiger charge is 2.60. The minimum absolute atomic E-state index is 0.297. The molecule has 0 radical (unpaired) electrons. The van der Waals surface area contributed by atoms with Gasteiger partial charge in [0.25, 0.3) is 0 Å². The van der Waals surface area contributed by atoms with E-state index < -0.39 is 17.1 Å². The van der Waals surface area contributed by atoms with Crippen molar-refractivity contribution in [2.24, 2.45) is 5.73 Å². The molecule has 2 N–H and O–H groups in total. The van der Waals surface area contributed by atoms with Gasteiger partial charge in [-0.1, -0.05) is 26.0 Å². The Morgan fingerprint density at radius 1 is 1.25 bits per heavy atom. The summed E-state index contributed by atoms with van der Waals surface area (Å²) in [5.74, 6) is -1.68. The monoisotopic (exact) mass is 283 g/mol. The summed E-state index contributed by atoms with van der Waals surface area (Å²) in [5.41, 5.74) is 5.13. The maximum Gasteiger partial charge on any atom is 0.228 e. The van der Waals surface area contributed by atoms with Crippen LogP contribution in [0.5, 0.6) is 0 Å². The third-order valence-electron chi connectivity index (χ3n) is 3.74. The lowest BCUT2D eigenvalue weighted by molar-refractivity contribution is -0.274. The van der Waals surface area contributed by atoms with Gasteiger partial charge in [0, 0.05) is 27.1 Å². The van der Waals surface area contributed by atoms with Crippen molar-refractivity contribution in [2.75, 3.05) is 14.2 Å². The summed E-state index contributed by atoms with van der Waals surface area (Å²) in [5, 5.41) is 0. The van der Waals surface area contributed by atoms with Gasteiger partial charge < -0.3 is 15.2 Å². The van der Waals surface area contributed by atoms with Crippen molar-refractivity contribution >= 4 is 5.91 Å². The number of amides is 1. The highest BCUT2D eigenvalue weighted by molar-refractivity contribution is 5.88. The smallest absolute Gasteiger partial charge is 0.228 e. The average molecular weight is 283 g/mol. The summed E-state index contributed by atoms with van der Waals surface area (Å²) in [6.07, 6.45) is 0.595. The van der Waals surface area contributed by atoms with Crippen LogP contribution in [-0.2, 0) is 19.7 Å². The molecule has 20 heavy (non-hydrogen) atoms. The minimum Gasteiger partial charge on any atom is -0.369 e. The molecule has 1 amide bonds. The van der Waals surface area contributed by atoms with Crippen molar-refractivity contribution in [1.29, 1.82) is 0 Å². The Hall–Kier alpha value is -1.46. The number of carbonyl (C=O) groups excluding carboxylic acids is 1. The van der Waals surface area contributed by atoms with E-state index in [2.05, 4.69) is 0 Å². The zero-order valence-electron chi connectivity index (χ0n) is 12.4. The van der Waals surface area contributed by atoms with Gasteiger partial charge in [0.05, 0.1) is 5.41 Å². The molecule has 1 fully saturated rings. The highest BCUT2D eigenvalue weighted by atomic mass is 19.1. The minimum atomic E-state index is -0.909. The molecular formula is C15H22FNO3. The second-order valence-electron chi connectivity index (χ2n) is 4.63. The summed E-state index contributed by atoms with van der Waals surface area (Å²) >= 11 is 0. The molecule has 0 aromatic heterocycles. The largest absolute Gasteiger partial charge is 0.369 e. The molecule has 0 aliphatic heterocycles. The van der Waals surface area contributed by atoms with Crippen molar-refractivity contribution in [3.8, 4) is 0 Å². The third-order valence-corrected chi connectivity index (χ3v) is 3.74. The van der Waals surface area contributed by atoms with Gasteiger partial charge in [-0.2, -0.15) is 0 Å². The molecule has 1 aliphatic rings. The Morgan fingerprint density at radius 3 is 2.20 bits per heavy atom. The van der Waals surface area contributed by atoms with Crippen molar-refractivity contribution in [3.63, 3.8) is 0 Å². The van der Waals surface area contributed by atoms with Crippen LogP contribution in [0.15, 0.2) is 24.3 Å². The van der Waals surface area contributed by atoms with Gasteiger partial charge in [0.15, 0.2) is 5.79 Å². The van der Waals surface area contributed by atoms with Crippen LogP contribution in [0, 0.1) is 5.82 Å². The number of methoxy groups -OCH3 is 2. The molecule has 0 atom stereocenters. The number of benzene rings is 1. The number of primary amides is 1. The number of rotatable bonds is 4. The first-order valence-corrected chi connectivity index (χ1v) is 6.64. The van der Waals surface area contributed by atoms with Crippen molar-refractivity contribution in [3.05, 3.63) is 35.6 Å². The van der Waals surface area contributed by atoms with Gasteiger partial charge in [-0.15, -0.1) is 0 Å². The average Bonchev–Trinajstić information content (AvgIpc) is 2.41. The van der Waals surface area contributed by atoms with Crippen molar-refractivity contribution < 1.29 is 18.7 Å². The Labute approximate surface area is 119 Å². The van der Waals surface area contributed by atoms with E-state index in [0.29, 0.717) is 18.4 Å². The first-order valence-electron chi connectivity index (χ1n) is 6.64. The molecule has 1 aliphatic carbocycles. The zero-order valence-corrected chi connectivity index (χ0v) is 12.4. The fraction of sp³-hybridized carbons (Fsp3) is 0.533. The first-order chi connectivity index (χ1) is 9.48. The van der Waals surface area contributed by atoms with E-state index in [-0.39, 0.29) is 5.82 Å². The van der Waals surface area contributed by atoms with Crippen LogP contribution in [-0.4, -0.2) is 25.9 Å². The van der Waals surface area contributed by atoms with Gasteiger partial charge >= 0.3 is 0 Å². The van der Waals surface area contributed by atoms with E-state index in [1.165, 1.54) is 26.4 Å². The molecule has 0 bridgehead atoms. The number of hydrogen-bond acceptors (Lipinski definition) is 3. The number of hydrogen-bond donors (Lipinski definition) is 1. The molecule has 0 spiro atoms. The molecule has 112 valence electrons. The quantitative estimate of drug-likeness (QED) is 0.863. The Kier molecular flexibility index (Phi) is 5.25. The van der Waals surface area contributed by atoms with Gasteiger partial charge in [-0.05, 0) is 17.7 Å². The van der Waals surface area contributed by atoms with Crippen LogP contribution in [0.25, 0.3) is 0 Å². The van der Waals surface area contributed by atoms with E-state index in [0.717, 1.165) is 0 Å². The molecule has 4 nitrogen and oxygen atoms in total. The standard InChI is InChI=1S/C13H16FNO3.C2H6/c1-17-13(18-2)7-12(8-13,11(15)16)9-4-3-5-10(14)6-9;1-2/h3-6H,7-8H2,1-2H3,(H2,15,16);1-2H3. The predicted molar refractivity (Wildman–Crippen MR) is 74.6 cm³/mol. The summed E-state index contributed by atoms with van der Waals surface area (Å²) in [6, 6.07) is 5.93. The van der Waals surface area contributed by atoms with Gasteiger partial charge in [-0.3, -0.25) is 4.79 Å². The van der Waals surface area contributed by atoms with Crippen LogP contribution in [0.2, 0.25) is 0 Å². The van der Waals surface area contributed by atoms with Crippen LogP contribution < -0.4 is 5.73 Å². The maximum absolute atomic E-state index is 13.3. The van der Waals surface area contributed by atoms with Crippen molar-refractivity contribution in [2.45, 2.75) is 37.9 Å². The predicted octanol–water partition coefficient (Wildman–Crippen LogP) is 2.36. The molecular weight excluding hydrogens is 261 g/mol. The molecule has 0 unspecified atom stereocenters. The van der Waals surface area contributed by atoms with Crippen LogP contribution in [0.4, 0.5) is 4.39 Å². The third kappa shape index (κ3) is 2.69. The number of nitrogens with two attached hydrogens (primary N) is 1. The molecule has 2 rings (SSSR count). The van der Waals surface area contributed by atoms with Crippen LogP contribution >= 0.6 is 0 Å². The number of halogens is 1. The Morgan fingerprint density at radius 2 is 1.80 bits per heavy atom. The highest BCUT2D eigenvalue weighted by Crippen LogP contribution is 2.52. The summed E-state index contributed by atoms with van der Waals surface area (Å²) in [6.45, 7) is 4.00. The van der Waals surface area contributed by atoms with Gasteiger partial charge in [0.2, 0.25) is 5.91 Å². The van der Waals surface area contributed by atoms with E-state index in [1.54, 1.807) is 12.1 Å². The zero-order chi connectivity index (χ0) is 15.4. The second kappa shape index (κ2) is 6.33. The van der Waals surface area contributed by atoms with Crippen LogP contribution in [0.3, 0.4) is 0 Å². The molecule has 5 heteroatoms. The first kappa shape index (κ1) is 16.6. The lowest BCUT2D eigenvalue weighted by Crippen LogP contribution is -2.62. The molecule has 0 heterocycles. The molecule has 0 saturated heterocycles. The summed E-state index contributed by atoms with van der Waals surface area (Å²) in [7, 11) is 3.03. The molecule has 1 aromatic carbocycles. The normalized spacial score (nSPS) is 18.4. The fourth-order valence-electron chi connectivity index (χ4n) is 2.55. The summed E-state index contributed by atoms with van der Waals surface area (Å²) in [4.78, 5) is 11.7. The van der Waals surface area contributed by atoms with Crippen LogP contribution in [0.1, 0.15) is 32.3 Å². The Bertz CT molecular complexity index is 464. The Balaban J connectivity index is 0.000000956. The van der Waals surface area contributed by atoms with Crippen molar-refractivity contribution in [1.82, 2.24) is 0 Å². The SMILES string of the molecule is CC.COC1(OC)CC(C(N)=O)(c2cccc(F)c2)C1. The lowest BCUT2D eigenvalue weighted by atomic mass is 9.60. The van der Waals surface area contributed by atoms with E-state index in [1.807, 2.05) is 13.8 Å². The number of carbonyl (C=O) groups is 1. The molecule has 1 aromatic rings. The van der Waals surface area contributed by atoms with E-state index in [9.17, 15) is 9.18 Å². The molecule has 1 saturated carbocycles. The maximum atomic E-state index is 13.3. The summed E-state index contributed by atoms with van der Waals surface area (Å²) < 4.78 is 23.8.